The Morgan fingerprint density at radius 1 is 1.30 bits per heavy atom. The van der Waals surface area contributed by atoms with Crippen molar-refractivity contribution in [3.8, 4) is 0 Å². The van der Waals surface area contributed by atoms with Crippen LogP contribution in [0.2, 0.25) is 0 Å². The summed E-state index contributed by atoms with van der Waals surface area (Å²) in [7, 11) is -0.0782. The molecule has 1 aromatic carbocycles. The van der Waals surface area contributed by atoms with Crippen molar-refractivity contribution in [2.75, 3.05) is 20.6 Å². The van der Waals surface area contributed by atoms with E-state index in [1.165, 1.54) is 18.2 Å². The number of benzene rings is 1. The van der Waals surface area contributed by atoms with E-state index in [1.807, 2.05) is 36.5 Å². The molecule has 1 heterocycles. The van der Waals surface area contributed by atoms with Crippen LogP contribution in [0.15, 0.2) is 46.7 Å². The Kier molecular flexibility index (Phi) is 5.47. The van der Waals surface area contributed by atoms with Crippen LogP contribution in [0.3, 0.4) is 0 Å². The maximum absolute atomic E-state index is 12.4. The number of thiophene rings is 1. The largest absolute Gasteiger partial charge is 0.300 e. The lowest BCUT2D eigenvalue weighted by molar-refractivity contribution is -0.385. The highest BCUT2D eigenvalue weighted by Gasteiger charge is 2.21. The van der Waals surface area contributed by atoms with Crippen LogP contribution in [0.5, 0.6) is 0 Å². The first-order chi connectivity index (χ1) is 10.8. The first-order valence-corrected chi connectivity index (χ1v) is 9.11. The smallest absolute Gasteiger partial charge is 0.270 e. The van der Waals surface area contributed by atoms with Crippen molar-refractivity contribution in [1.82, 2.24) is 9.62 Å². The van der Waals surface area contributed by atoms with Crippen LogP contribution >= 0.6 is 11.3 Å². The summed E-state index contributed by atoms with van der Waals surface area (Å²) in [6.07, 6.45) is 0. The Morgan fingerprint density at radius 3 is 2.61 bits per heavy atom. The van der Waals surface area contributed by atoms with Crippen LogP contribution in [-0.4, -0.2) is 38.9 Å². The molecule has 0 spiro atoms. The van der Waals surface area contributed by atoms with Gasteiger partial charge in [0.2, 0.25) is 10.0 Å². The van der Waals surface area contributed by atoms with Gasteiger partial charge in [-0.2, -0.15) is 0 Å². The standard InChI is InChI=1S/C14H17N3O4S2/c1-16(2)13(14-7-4-8-22-14)10-15-23(20,21)12-6-3-5-11(9-12)17(18)19/h3-9,13,15H,10H2,1-2H3. The highest BCUT2D eigenvalue weighted by molar-refractivity contribution is 7.89. The van der Waals surface area contributed by atoms with Gasteiger partial charge in [0.05, 0.1) is 15.9 Å². The van der Waals surface area contributed by atoms with E-state index in [-0.39, 0.29) is 23.2 Å². The van der Waals surface area contributed by atoms with Gasteiger partial charge in [0, 0.05) is 23.6 Å². The molecule has 1 unspecified atom stereocenters. The lowest BCUT2D eigenvalue weighted by atomic mass is 10.2. The molecule has 1 atom stereocenters. The van der Waals surface area contributed by atoms with Gasteiger partial charge >= 0.3 is 0 Å². The number of likely N-dealkylation sites (N-methyl/N-ethyl adjacent to an activating group) is 1. The average molecular weight is 355 g/mol. The Balaban J connectivity index is 2.18. The molecule has 0 amide bonds. The van der Waals surface area contributed by atoms with Gasteiger partial charge in [-0.05, 0) is 31.6 Å². The van der Waals surface area contributed by atoms with Crippen molar-refractivity contribution in [3.63, 3.8) is 0 Å². The average Bonchev–Trinajstić information content (AvgIpc) is 3.01. The molecule has 2 aromatic rings. The summed E-state index contributed by atoms with van der Waals surface area (Å²) in [6.45, 7) is 0.179. The van der Waals surface area contributed by atoms with Crippen LogP contribution in [0.25, 0.3) is 0 Å². The van der Waals surface area contributed by atoms with Gasteiger partial charge in [0.1, 0.15) is 0 Å². The molecule has 7 nitrogen and oxygen atoms in total. The van der Waals surface area contributed by atoms with Crippen LogP contribution in [0.1, 0.15) is 10.9 Å². The van der Waals surface area contributed by atoms with E-state index < -0.39 is 14.9 Å². The number of sulfonamides is 1. The van der Waals surface area contributed by atoms with Crippen molar-refractivity contribution in [3.05, 3.63) is 56.8 Å². The van der Waals surface area contributed by atoms with Crippen molar-refractivity contribution < 1.29 is 13.3 Å². The lowest BCUT2D eigenvalue weighted by Crippen LogP contribution is -2.34. The molecule has 0 bridgehead atoms. The molecule has 0 saturated heterocycles. The maximum atomic E-state index is 12.4. The second-order valence-corrected chi connectivity index (χ2v) is 7.85. The molecule has 9 heteroatoms. The molecule has 0 fully saturated rings. The molecule has 23 heavy (non-hydrogen) atoms. The van der Waals surface area contributed by atoms with Gasteiger partial charge in [-0.25, -0.2) is 13.1 Å². The lowest BCUT2D eigenvalue weighted by Gasteiger charge is -2.23. The summed E-state index contributed by atoms with van der Waals surface area (Å²) in [6, 6.07) is 8.75. The minimum atomic E-state index is -3.81. The molecule has 0 aliphatic carbocycles. The van der Waals surface area contributed by atoms with Crippen LogP contribution < -0.4 is 4.72 Å². The monoisotopic (exact) mass is 355 g/mol. The van der Waals surface area contributed by atoms with Gasteiger partial charge in [-0.15, -0.1) is 11.3 Å². The molecule has 1 N–H and O–H groups in total. The Labute approximate surface area is 138 Å². The fourth-order valence-electron chi connectivity index (χ4n) is 2.05. The fraction of sp³-hybridized carbons (Fsp3) is 0.286. The highest BCUT2D eigenvalue weighted by atomic mass is 32.2. The first-order valence-electron chi connectivity index (χ1n) is 6.75. The van der Waals surface area contributed by atoms with Crippen LogP contribution in [0, 0.1) is 10.1 Å². The first kappa shape index (κ1) is 17.5. The molecule has 0 saturated carbocycles. The van der Waals surface area contributed by atoms with Crippen molar-refractivity contribution in [2.45, 2.75) is 10.9 Å². The summed E-state index contributed by atoms with van der Waals surface area (Å²) in [4.78, 5) is 13.0. The Bertz CT molecular complexity index is 773. The quantitative estimate of drug-likeness (QED) is 0.607. The van der Waals surface area contributed by atoms with Crippen LogP contribution in [-0.2, 0) is 10.0 Å². The maximum Gasteiger partial charge on any atom is 0.270 e. The van der Waals surface area contributed by atoms with Gasteiger partial charge in [0.25, 0.3) is 5.69 Å². The van der Waals surface area contributed by atoms with Gasteiger partial charge in [-0.3, -0.25) is 10.1 Å². The number of nitrogens with one attached hydrogen (secondary N) is 1. The van der Waals surface area contributed by atoms with Crippen LogP contribution in [0.4, 0.5) is 5.69 Å². The SMILES string of the molecule is CN(C)C(CNS(=O)(=O)c1cccc([N+](=O)[O-])c1)c1cccs1. The predicted octanol–water partition coefficient (Wildman–Crippen LogP) is 2.24. The van der Waals surface area contributed by atoms with Gasteiger partial charge in [-0.1, -0.05) is 12.1 Å². The van der Waals surface area contributed by atoms with E-state index in [2.05, 4.69) is 4.72 Å². The Hall–Kier alpha value is -1.81. The zero-order chi connectivity index (χ0) is 17.0. The third-order valence-electron chi connectivity index (χ3n) is 3.30. The predicted molar refractivity (Wildman–Crippen MR) is 89.0 cm³/mol. The summed E-state index contributed by atoms with van der Waals surface area (Å²) >= 11 is 1.55. The molecule has 124 valence electrons. The van der Waals surface area contributed by atoms with E-state index in [0.29, 0.717) is 0 Å². The summed E-state index contributed by atoms with van der Waals surface area (Å²) in [5, 5.41) is 12.7. The number of nitro benzene ring substituents is 1. The van der Waals surface area contributed by atoms with Crippen molar-refractivity contribution in [1.29, 1.82) is 0 Å². The number of hydrogen-bond donors (Lipinski definition) is 1. The Morgan fingerprint density at radius 2 is 2.04 bits per heavy atom. The van der Waals surface area contributed by atoms with Gasteiger partial charge in [0.15, 0.2) is 0 Å². The number of rotatable bonds is 7. The number of non-ortho nitro benzene ring substituents is 1. The number of hydrogen-bond acceptors (Lipinski definition) is 6. The highest BCUT2D eigenvalue weighted by Crippen LogP contribution is 2.23. The third kappa shape index (κ3) is 4.35. The molecular weight excluding hydrogens is 338 g/mol. The van der Waals surface area contributed by atoms with E-state index in [0.717, 1.165) is 10.9 Å². The minimum absolute atomic E-state index is 0.108. The number of nitrogens with zero attached hydrogens (tertiary/aromatic N) is 2. The molecule has 0 radical (unpaired) electrons. The van der Waals surface area contributed by atoms with E-state index >= 15 is 0 Å². The molecule has 1 aromatic heterocycles. The van der Waals surface area contributed by atoms with Crippen molar-refractivity contribution >= 4 is 27.0 Å². The zero-order valence-electron chi connectivity index (χ0n) is 12.7. The summed E-state index contributed by atoms with van der Waals surface area (Å²) in [5.41, 5.74) is -0.254. The van der Waals surface area contributed by atoms with Gasteiger partial charge < -0.3 is 4.90 Å². The molecular formula is C14H17N3O4S2. The second kappa shape index (κ2) is 7.18. The second-order valence-electron chi connectivity index (χ2n) is 5.10. The summed E-state index contributed by atoms with van der Waals surface area (Å²) < 4.78 is 27.2. The zero-order valence-corrected chi connectivity index (χ0v) is 14.3. The van der Waals surface area contributed by atoms with Crippen molar-refractivity contribution in [2.24, 2.45) is 0 Å². The normalized spacial score (nSPS) is 13.2. The van der Waals surface area contributed by atoms with E-state index in [9.17, 15) is 18.5 Å². The summed E-state index contributed by atoms with van der Waals surface area (Å²) in [5.74, 6) is 0. The minimum Gasteiger partial charge on any atom is -0.300 e. The topological polar surface area (TPSA) is 92.6 Å². The molecule has 2 rings (SSSR count). The number of nitro groups is 1. The third-order valence-corrected chi connectivity index (χ3v) is 5.70. The van der Waals surface area contributed by atoms with E-state index in [1.54, 1.807) is 11.3 Å². The molecule has 0 aliphatic heterocycles. The fourth-order valence-corrected chi connectivity index (χ4v) is 4.05. The van der Waals surface area contributed by atoms with E-state index in [4.69, 9.17) is 0 Å². The molecule has 0 aliphatic rings.